The average molecular weight is 382 g/mol. The summed E-state index contributed by atoms with van der Waals surface area (Å²) >= 11 is 0. The zero-order chi connectivity index (χ0) is 19.5. The first-order chi connectivity index (χ1) is 13.5. The molecule has 0 aromatic heterocycles. The summed E-state index contributed by atoms with van der Waals surface area (Å²) in [5.74, 6) is -0.729. The van der Waals surface area contributed by atoms with Gasteiger partial charge in [-0.05, 0) is 48.9 Å². The van der Waals surface area contributed by atoms with Crippen LogP contribution in [0.2, 0.25) is 0 Å². The zero-order valence-electron chi connectivity index (χ0n) is 16.2. The van der Waals surface area contributed by atoms with Gasteiger partial charge < -0.3 is 10.2 Å². The Morgan fingerprint density at radius 1 is 1.25 bits per heavy atom. The molecular weight excluding hydrogens is 356 g/mol. The lowest BCUT2D eigenvalue weighted by molar-refractivity contribution is -0.136. The molecule has 3 heterocycles. The number of nitrogens with zero attached hydrogens (tertiary/aromatic N) is 2. The number of carbonyl (C=O) groups excluding carboxylic acids is 3. The minimum absolute atomic E-state index is 0.110. The van der Waals surface area contributed by atoms with Gasteiger partial charge in [0, 0.05) is 44.2 Å². The first-order valence-electron chi connectivity index (χ1n) is 10.1. The van der Waals surface area contributed by atoms with Crippen molar-refractivity contribution in [1.82, 2.24) is 20.4 Å². The molecule has 4 aliphatic rings. The molecule has 5 rings (SSSR count). The molecule has 1 saturated carbocycles. The number of piperidine rings is 1. The fourth-order valence-corrected chi connectivity index (χ4v) is 5.21. The summed E-state index contributed by atoms with van der Waals surface area (Å²) in [6.45, 7) is 3.46. The SMILES string of the molecule is CN(Cc1ccc2c(c1)CN(C1CCC(=O)NC1=O)C2=O)C1CNCC12CC2. The highest BCUT2D eigenvalue weighted by atomic mass is 16.2. The van der Waals surface area contributed by atoms with Gasteiger partial charge in [-0.2, -0.15) is 0 Å². The molecule has 3 fully saturated rings. The Morgan fingerprint density at radius 2 is 2.07 bits per heavy atom. The molecule has 1 spiro atoms. The number of hydrogen-bond donors (Lipinski definition) is 2. The molecule has 28 heavy (non-hydrogen) atoms. The Balaban J connectivity index is 1.30. The summed E-state index contributed by atoms with van der Waals surface area (Å²) in [4.78, 5) is 40.4. The molecule has 2 saturated heterocycles. The van der Waals surface area contributed by atoms with Crippen LogP contribution in [0.15, 0.2) is 18.2 Å². The first kappa shape index (κ1) is 17.8. The highest BCUT2D eigenvalue weighted by Crippen LogP contribution is 2.52. The lowest BCUT2D eigenvalue weighted by Crippen LogP contribution is -2.52. The molecule has 3 aliphatic heterocycles. The third-order valence-corrected chi connectivity index (χ3v) is 6.97. The van der Waals surface area contributed by atoms with E-state index in [4.69, 9.17) is 0 Å². The summed E-state index contributed by atoms with van der Waals surface area (Å²) < 4.78 is 0. The number of benzene rings is 1. The number of hydrogen-bond acceptors (Lipinski definition) is 5. The van der Waals surface area contributed by atoms with E-state index in [2.05, 4.69) is 28.6 Å². The van der Waals surface area contributed by atoms with E-state index in [1.165, 1.54) is 18.4 Å². The molecule has 1 aliphatic carbocycles. The van der Waals surface area contributed by atoms with Crippen LogP contribution < -0.4 is 10.6 Å². The van der Waals surface area contributed by atoms with Crippen LogP contribution in [0, 0.1) is 5.41 Å². The van der Waals surface area contributed by atoms with Crippen LogP contribution >= 0.6 is 0 Å². The largest absolute Gasteiger partial charge is 0.322 e. The second-order valence-corrected chi connectivity index (χ2v) is 8.82. The highest BCUT2D eigenvalue weighted by molar-refractivity contribution is 6.05. The van der Waals surface area contributed by atoms with Gasteiger partial charge in [-0.25, -0.2) is 0 Å². The third kappa shape index (κ3) is 2.84. The molecule has 2 unspecified atom stereocenters. The van der Waals surface area contributed by atoms with Crippen LogP contribution in [0.25, 0.3) is 0 Å². The first-order valence-corrected chi connectivity index (χ1v) is 10.1. The van der Waals surface area contributed by atoms with Gasteiger partial charge in [0.1, 0.15) is 6.04 Å². The van der Waals surface area contributed by atoms with Crippen LogP contribution in [0.5, 0.6) is 0 Å². The van der Waals surface area contributed by atoms with Crippen molar-refractivity contribution in [1.29, 1.82) is 0 Å². The number of rotatable bonds is 4. The summed E-state index contributed by atoms with van der Waals surface area (Å²) in [5, 5.41) is 5.89. The van der Waals surface area contributed by atoms with Crippen LogP contribution in [0.4, 0.5) is 0 Å². The number of likely N-dealkylation sites (N-methyl/N-ethyl adjacent to an activating group) is 1. The molecular formula is C21H26N4O3. The summed E-state index contributed by atoms with van der Waals surface area (Å²) in [7, 11) is 2.19. The van der Waals surface area contributed by atoms with Crippen molar-refractivity contribution >= 4 is 17.7 Å². The second-order valence-electron chi connectivity index (χ2n) is 8.82. The molecule has 7 nitrogen and oxygen atoms in total. The van der Waals surface area contributed by atoms with Crippen LogP contribution in [-0.4, -0.2) is 59.7 Å². The van der Waals surface area contributed by atoms with E-state index in [0.717, 1.165) is 25.2 Å². The Bertz CT molecular complexity index is 863. The molecule has 3 amide bonds. The van der Waals surface area contributed by atoms with Crippen LogP contribution in [0.3, 0.4) is 0 Å². The van der Waals surface area contributed by atoms with Gasteiger partial charge >= 0.3 is 0 Å². The van der Waals surface area contributed by atoms with Gasteiger partial charge in [-0.1, -0.05) is 12.1 Å². The third-order valence-electron chi connectivity index (χ3n) is 6.97. The average Bonchev–Trinajstić information content (AvgIpc) is 3.18. The van der Waals surface area contributed by atoms with E-state index in [9.17, 15) is 14.4 Å². The Kier molecular flexibility index (Phi) is 4.07. The van der Waals surface area contributed by atoms with E-state index in [-0.39, 0.29) is 24.1 Å². The standard InChI is InChI=1S/C21H26N4O3/c1-24(17-9-22-12-21(17)6-7-21)10-13-2-3-15-14(8-13)11-25(20(15)28)16-4-5-18(26)23-19(16)27/h2-3,8,16-17,22H,4-7,9-12H2,1H3,(H,23,26,27). The van der Waals surface area contributed by atoms with Gasteiger partial charge in [-0.15, -0.1) is 0 Å². The van der Waals surface area contributed by atoms with E-state index >= 15 is 0 Å². The lowest BCUT2D eigenvalue weighted by atomic mass is 9.98. The monoisotopic (exact) mass is 382 g/mol. The van der Waals surface area contributed by atoms with Crippen molar-refractivity contribution in [2.75, 3.05) is 20.1 Å². The molecule has 2 atom stereocenters. The number of imide groups is 1. The number of fused-ring (bicyclic) bond motifs is 1. The minimum atomic E-state index is -0.553. The van der Waals surface area contributed by atoms with Crippen molar-refractivity contribution in [2.45, 2.75) is 50.9 Å². The Morgan fingerprint density at radius 3 is 2.82 bits per heavy atom. The van der Waals surface area contributed by atoms with Crippen LogP contribution in [-0.2, 0) is 22.7 Å². The maximum atomic E-state index is 12.8. The van der Waals surface area contributed by atoms with Crippen molar-refractivity contribution in [2.24, 2.45) is 5.41 Å². The highest BCUT2D eigenvalue weighted by Gasteiger charge is 2.53. The van der Waals surface area contributed by atoms with E-state index in [0.29, 0.717) is 30.0 Å². The van der Waals surface area contributed by atoms with Gasteiger partial charge in [0.2, 0.25) is 11.8 Å². The van der Waals surface area contributed by atoms with Gasteiger partial charge in [0.05, 0.1) is 0 Å². The molecule has 0 bridgehead atoms. The normalized spacial score (nSPS) is 28.2. The van der Waals surface area contributed by atoms with Crippen molar-refractivity contribution < 1.29 is 14.4 Å². The summed E-state index contributed by atoms with van der Waals surface area (Å²) in [5.41, 5.74) is 3.33. The molecule has 2 N–H and O–H groups in total. The fraction of sp³-hybridized carbons (Fsp3) is 0.571. The molecule has 1 aromatic carbocycles. The molecule has 7 heteroatoms. The maximum absolute atomic E-state index is 12.8. The van der Waals surface area contributed by atoms with E-state index < -0.39 is 6.04 Å². The minimum Gasteiger partial charge on any atom is -0.322 e. The number of carbonyl (C=O) groups is 3. The van der Waals surface area contributed by atoms with Crippen molar-refractivity contribution in [3.63, 3.8) is 0 Å². The molecule has 1 aromatic rings. The van der Waals surface area contributed by atoms with Gasteiger partial charge in [0.15, 0.2) is 0 Å². The predicted octanol–water partition coefficient (Wildman–Crippen LogP) is 0.631. The maximum Gasteiger partial charge on any atom is 0.255 e. The summed E-state index contributed by atoms with van der Waals surface area (Å²) in [6, 6.07) is 6.05. The number of nitrogens with one attached hydrogen (secondary N) is 2. The predicted molar refractivity (Wildman–Crippen MR) is 102 cm³/mol. The zero-order valence-corrected chi connectivity index (χ0v) is 16.2. The van der Waals surface area contributed by atoms with Gasteiger partial charge in [-0.3, -0.25) is 24.6 Å². The van der Waals surface area contributed by atoms with Gasteiger partial charge in [0.25, 0.3) is 5.91 Å². The van der Waals surface area contributed by atoms with Crippen LogP contribution in [0.1, 0.15) is 47.2 Å². The Hall–Kier alpha value is -2.25. The van der Waals surface area contributed by atoms with Crippen molar-refractivity contribution in [3.05, 3.63) is 34.9 Å². The topological polar surface area (TPSA) is 81.8 Å². The molecule has 148 valence electrons. The Labute approximate surface area is 164 Å². The van der Waals surface area contributed by atoms with Crippen molar-refractivity contribution in [3.8, 4) is 0 Å². The molecule has 0 radical (unpaired) electrons. The van der Waals surface area contributed by atoms with E-state index in [1.54, 1.807) is 4.90 Å². The second kappa shape index (κ2) is 6.39. The lowest BCUT2D eigenvalue weighted by Gasteiger charge is -2.29. The smallest absolute Gasteiger partial charge is 0.255 e. The quantitative estimate of drug-likeness (QED) is 0.747. The number of amides is 3. The summed E-state index contributed by atoms with van der Waals surface area (Å²) in [6.07, 6.45) is 3.31. The van der Waals surface area contributed by atoms with E-state index in [1.807, 2.05) is 12.1 Å². The fourth-order valence-electron chi connectivity index (χ4n) is 5.21.